The molecule has 0 heterocycles. The number of hydrogen-bond acceptors (Lipinski definition) is 3. The van der Waals surface area contributed by atoms with Crippen LogP contribution in [0.2, 0.25) is 0 Å². The molecule has 0 radical (unpaired) electrons. The van der Waals surface area contributed by atoms with Gasteiger partial charge >= 0.3 is 5.97 Å². The van der Waals surface area contributed by atoms with Crippen LogP contribution in [-0.4, -0.2) is 44.3 Å². The van der Waals surface area contributed by atoms with Crippen LogP contribution in [0.15, 0.2) is 54.6 Å². The first-order valence-corrected chi connectivity index (χ1v) is 13.2. The minimum absolute atomic E-state index is 0.161. The molecule has 0 spiro atoms. The molecule has 4 heteroatoms. The number of carbonyl (C=O) groups is 1. The Hall–Kier alpha value is -2.33. The Morgan fingerprint density at radius 1 is 0.794 bits per heavy atom. The van der Waals surface area contributed by atoms with E-state index in [4.69, 9.17) is 9.47 Å². The summed E-state index contributed by atoms with van der Waals surface area (Å²) in [7, 11) is 4.29. The second-order valence-electron chi connectivity index (χ2n) is 9.99. The third-order valence-electron chi connectivity index (χ3n) is 6.21. The maximum absolute atomic E-state index is 12.2. The third-order valence-corrected chi connectivity index (χ3v) is 6.21. The van der Waals surface area contributed by atoms with Crippen molar-refractivity contribution in [3.05, 3.63) is 65.7 Å². The predicted octanol–water partition coefficient (Wildman–Crippen LogP) is 6.96. The largest absolute Gasteiger partial charge is 0.490 e. The Balaban J connectivity index is 1.56. The van der Waals surface area contributed by atoms with E-state index in [9.17, 15) is 4.79 Å². The highest BCUT2D eigenvalue weighted by Crippen LogP contribution is 2.17. The summed E-state index contributed by atoms with van der Waals surface area (Å²) in [5, 5.41) is 0. The van der Waals surface area contributed by atoms with Gasteiger partial charge in [0.25, 0.3) is 0 Å². The van der Waals surface area contributed by atoms with E-state index in [-0.39, 0.29) is 12.6 Å². The zero-order chi connectivity index (χ0) is 24.5. The fourth-order valence-corrected chi connectivity index (χ4v) is 4.19. The molecule has 0 saturated heterocycles. The molecular weight excluding hydrogens is 422 g/mol. The Kier molecular flexibility index (Phi) is 13.4. The van der Waals surface area contributed by atoms with Gasteiger partial charge in [-0.15, -0.1) is 0 Å². The van der Waals surface area contributed by atoms with E-state index in [0.29, 0.717) is 13.0 Å². The van der Waals surface area contributed by atoms with Gasteiger partial charge in [0.2, 0.25) is 0 Å². The number of nitrogens with zero attached hydrogens (tertiary/aromatic N) is 1. The lowest BCUT2D eigenvalue weighted by atomic mass is 10.0. The second-order valence-corrected chi connectivity index (χ2v) is 9.99. The number of aryl methyl sites for hydroxylation is 1. The standard InChI is InChI=1S/C30H46NO3/c1-4-5-6-7-8-9-10-12-16-27-19-15-20-29(25-27)33-23-24-34-30(32)21-22-31(2,3)26-28-17-13-11-14-18-28/h11,13-15,17-20,25H,4-10,12,16,21-24,26H2,1-3H3/q+1. The Morgan fingerprint density at radius 2 is 1.47 bits per heavy atom. The molecular formula is C30H46NO3+. The highest BCUT2D eigenvalue weighted by molar-refractivity contribution is 5.69. The van der Waals surface area contributed by atoms with E-state index in [2.05, 4.69) is 57.4 Å². The summed E-state index contributed by atoms with van der Waals surface area (Å²) in [5.74, 6) is 0.695. The van der Waals surface area contributed by atoms with Crippen LogP contribution in [0.1, 0.15) is 75.8 Å². The van der Waals surface area contributed by atoms with Crippen molar-refractivity contribution < 1.29 is 18.8 Å². The van der Waals surface area contributed by atoms with E-state index in [0.717, 1.165) is 29.7 Å². The minimum atomic E-state index is -0.161. The quantitative estimate of drug-likeness (QED) is 0.135. The molecule has 0 aliphatic carbocycles. The molecule has 0 aliphatic heterocycles. The summed E-state index contributed by atoms with van der Waals surface area (Å²) in [4.78, 5) is 12.2. The lowest BCUT2D eigenvalue weighted by molar-refractivity contribution is -0.903. The summed E-state index contributed by atoms with van der Waals surface area (Å²) in [6.45, 7) is 4.57. The summed E-state index contributed by atoms with van der Waals surface area (Å²) in [6.07, 6.45) is 12.2. The maximum atomic E-state index is 12.2. The van der Waals surface area contributed by atoms with E-state index < -0.39 is 0 Å². The van der Waals surface area contributed by atoms with Crippen LogP contribution in [0, 0.1) is 0 Å². The number of hydrogen-bond donors (Lipinski definition) is 0. The van der Waals surface area contributed by atoms with Crippen LogP contribution in [0.25, 0.3) is 0 Å². The van der Waals surface area contributed by atoms with Gasteiger partial charge in [0.15, 0.2) is 0 Å². The van der Waals surface area contributed by atoms with Gasteiger partial charge in [0.1, 0.15) is 25.5 Å². The number of rotatable bonds is 18. The van der Waals surface area contributed by atoms with E-state index >= 15 is 0 Å². The van der Waals surface area contributed by atoms with Gasteiger partial charge in [-0.25, -0.2) is 0 Å². The van der Waals surface area contributed by atoms with Gasteiger partial charge < -0.3 is 14.0 Å². The van der Waals surface area contributed by atoms with Crippen molar-refractivity contribution in [1.82, 2.24) is 0 Å². The average Bonchev–Trinajstić information content (AvgIpc) is 2.83. The minimum Gasteiger partial charge on any atom is -0.490 e. The van der Waals surface area contributed by atoms with E-state index in [1.165, 1.54) is 62.5 Å². The average molecular weight is 469 g/mol. The lowest BCUT2D eigenvalue weighted by Gasteiger charge is -2.29. The van der Waals surface area contributed by atoms with Crippen LogP contribution in [-0.2, 0) is 22.5 Å². The van der Waals surface area contributed by atoms with Crippen molar-refractivity contribution in [2.75, 3.05) is 33.9 Å². The number of unbranched alkanes of at least 4 members (excludes halogenated alkanes) is 7. The molecule has 2 aromatic rings. The highest BCUT2D eigenvalue weighted by atomic mass is 16.6. The monoisotopic (exact) mass is 468 g/mol. The molecule has 0 amide bonds. The SMILES string of the molecule is CCCCCCCCCCc1cccc(OCCOC(=O)CC[N+](C)(C)Cc2ccccc2)c1. The van der Waals surface area contributed by atoms with Crippen molar-refractivity contribution in [2.24, 2.45) is 0 Å². The lowest BCUT2D eigenvalue weighted by Crippen LogP contribution is -2.40. The summed E-state index contributed by atoms with van der Waals surface area (Å²) in [6, 6.07) is 18.7. The van der Waals surface area contributed by atoms with Crippen LogP contribution >= 0.6 is 0 Å². The van der Waals surface area contributed by atoms with Gasteiger partial charge in [0.05, 0.1) is 27.1 Å². The summed E-state index contributed by atoms with van der Waals surface area (Å²) < 4.78 is 12.0. The van der Waals surface area contributed by atoms with E-state index in [1.807, 2.05) is 18.2 Å². The first-order valence-electron chi connectivity index (χ1n) is 13.2. The number of carbonyl (C=O) groups excluding carboxylic acids is 1. The van der Waals surface area contributed by atoms with Crippen molar-refractivity contribution >= 4 is 5.97 Å². The topological polar surface area (TPSA) is 35.5 Å². The van der Waals surface area contributed by atoms with Crippen molar-refractivity contribution in [3.63, 3.8) is 0 Å². The molecule has 4 nitrogen and oxygen atoms in total. The number of ether oxygens (including phenoxy) is 2. The van der Waals surface area contributed by atoms with Crippen LogP contribution in [0.4, 0.5) is 0 Å². The summed E-state index contributed by atoms with van der Waals surface area (Å²) in [5.41, 5.74) is 2.60. The van der Waals surface area contributed by atoms with Crippen molar-refractivity contribution in [1.29, 1.82) is 0 Å². The first kappa shape index (κ1) is 27.9. The number of esters is 1. The normalized spacial score (nSPS) is 11.4. The molecule has 0 unspecified atom stereocenters. The first-order chi connectivity index (χ1) is 16.5. The van der Waals surface area contributed by atoms with Gasteiger partial charge in [-0.1, -0.05) is 94.3 Å². The fraction of sp³-hybridized carbons (Fsp3) is 0.567. The van der Waals surface area contributed by atoms with Crippen LogP contribution in [0.5, 0.6) is 5.75 Å². The van der Waals surface area contributed by atoms with E-state index in [1.54, 1.807) is 0 Å². The molecule has 0 bridgehead atoms. The molecule has 0 saturated carbocycles. The Labute approximate surface area is 207 Å². The zero-order valence-corrected chi connectivity index (χ0v) is 21.8. The molecule has 2 aromatic carbocycles. The Morgan fingerprint density at radius 3 is 2.21 bits per heavy atom. The fourth-order valence-electron chi connectivity index (χ4n) is 4.19. The third kappa shape index (κ3) is 12.8. The van der Waals surface area contributed by atoms with Gasteiger partial charge in [-0.05, 0) is 30.5 Å². The summed E-state index contributed by atoms with van der Waals surface area (Å²) >= 11 is 0. The number of quaternary nitrogens is 1. The number of benzene rings is 2. The molecule has 34 heavy (non-hydrogen) atoms. The molecule has 0 N–H and O–H groups in total. The molecule has 0 aliphatic rings. The molecule has 0 aromatic heterocycles. The van der Waals surface area contributed by atoms with Crippen molar-refractivity contribution in [2.45, 2.75) is 77.7 Å². The van der Waals surface area contributed by atoms with Gasteiger partial charge in [0, 0.05) is 5.56 Å². The van der Waals surface area contributed by atoms with Crippen molar-refractivity contribution in [3.8, 4) is 5.75 Å². The highest BCUT2D eigenvalue weighted by Gasteiger charge is 2.18. The van der Waals surface area contributed by atoms with Gasteiger partial charge in [-0.2, -0.15) is 0 Å². The van der Waals surface area contributed by atoms with Crippen LogP contribution in [0.3, 0.4) is 0 Å². The maximum Gasteiger partial charge on any atom is 0.311 e. The molecule has 188 valence electrons. The molecule has 0 fully saturated rings. The van der Waals surface area contributed by atoms with Gasteiger partial charge in [-0.3, -0.25) is 4.79 Å². The van der Waals surface area contributed by atoms with Crippen LogP contribution < -0.4 is 4.74 Å². The second kappa shape index (κ2) is 16.3. The molecule has 2 rings (SSSR count). The Bertz CT molecular complexity index is 804. The smallest absolute Gasteiger partial charge is 0.311 e. The predicted molar refractivity (Wildman–Crippen MR) is 141 cm³/mol. The zero-order valence-electron chi connectivity index (χ0n) is 21.8. The molecule has 0 atom stereocenters.